The lowest BCUT2D eigenvalue weighted by Crippen LogP contribution is -2.49. The third kappa shape index (κ3) is 4.43. The number of hydrogen-bond donors (Lipinski definition) is 0. The zero-order valence-electron chi connectivity index (χ0n) is 19.2. The Kier molecular flexibility index (Phi) is 7.30. The summed E-state index contributed by atoms with van der Waals surface area (Å²) in [6, 6.07) is 7.70. The third-order valence-corrected chi connectivity index (χ3v) is 6.46. The molecule has 4 rings (SSSR count). The molecule has 0 saturated carbocycles. The molecule has 36 heavy (non-hydrogen) atoms. The van der Waals surface area contributed by atoms with Gasteiger partial charge < -0.3 is 9.47 Å². The minimum Gasteiger partial charge on any atom is -0.462 e. The van der Waals surface area contributed by atoms with Crippen LogP contribution in [0.2, 0.25) is 0 Å². The molecular weight excluding hydrogens is 487 g/mol. The summed E-state index contributed by atoms with van der Waals surface area (Å²) in [4.78, 5) is 34.2. The lowest BCUT2D eigenvalue weighted by atomic mass is 9.67. The number of carbonyl (C=O) groups excluding carboxylic acids is 2. The second kappa shape index (κ2) is 10.3. The van der Waals surface area contributed by atoms with Crippen molar-refractivity contribution in [2.24, 2.45) is 21.8 Å². The molecule has 2 aliphatic rings. The van der Waals surface area contributed by atoms with E-state index in [0.717, 1.165) is 0 Å². The van der Waals surface area contributed by atoms with Crippen LogP contribution >= 0.6 is 0 Å². The highest BCUT2D eigenvalue weighted by Gasteiger charge is 2.51. The van der Waals surface area contributed by atoms with E-state index in [-0.39, 0.29) is 18.9 Å². The largest absolute Gasteiger partial charge is 0.462 e. The maximum Gasteiger partial charge on any atom is 0.315 e. The fourth-order valence-electron chi connectivity index (χ4n) is 4.74. The zero-order valence-corrected chi connectivity index (χ0v) is 19.2. The number of halogens is 5. The summed E-state index contributed by atoms with van der Waals surface area (Å²) in [5, 5.41) is 0. The van der Waals surface area contributed by atoms with Crippen molar-refractivity contribution < 1.29 is 41.0 Å². The predicted molar refractivity (Wildman–Crippen MR) is 118 cm³/mol. The van der Waals surface area contributed by atoms with Crippen LogP contribution in [0.5, 0.6) is 0 Å². The summed E-state index contributed by atoms with van der Waals surface area (Å²) in [5.74, 6) is -17.3. The number of ketones is 1. The molecule has 0 N–H and O–H groups in total. The summed E-state index contributed by atoms with van der Waals surface area (Å²) in [6.07, 6.45) is 0.576. The molecule has 0 bridgehead atoms. The van der Waals surface area contributed by atoms with Gasteiger partial charge in [-0.1, -0.05) is 30.3 Å². The maximum absolute atomic E-state index is 14.9. The van der Waals surface area contributed by atoms with Crippen LogP contribution in [0, 0.1) is 40.9 Å². The Morgan fingerprint density at radius 2 is 1.61 bits per heavy atom. The van der Waals surface area contributed by atoms with Crippen molar-refractivity contribution >= 4 is 23.7 Å². The van der Waals surface area contributed by atoms with E-state index >= 15 is 0 Å². The molecule has 0 saturated heterocycles. The van der Waals surface area contributed by atoms with Gasteiger partial charge in [0.1, 0.15) is 18.6 Å². The molecule has 6 nitrogen and oxygen atoms in total. The van der Waals surface area contributed by atoms with Gasteiger partial charge in [0.15, 0.2) is 29.1 Å². The molecular formula is C25H21F5N2O4. The first-order chi connectivity index (χ1) is 17.2. The van der Waals surface area contributed by atoms with Gasteiger partial charge in [-0.05, 0) is 12.5 Å². The van der Waals surface area contributed by atoms with Crippen molar-refractivity contribution in [1.29, 1.82) is 0 Å². The number of hydrogen-bond acceptors (Lipinski definition) is 6. The number of benzene rings is 2. The smallest absolute Gasteiger partial charge is 0.315 e. The summed E-state index contributed by atoms with van der Waals surface area (Å²) < 4.78 is 82.7. The number of carbonyl (C=O) groups is 2. The van der Waals surface area contributed by atoms with Crippen molar-refractivity contribution in [1.82, 2.24) is 0 Å². The normalized spacial score (nSPS) is 24.2. The van der Waals surface area contributed by atoms with Gasteiger partial charge in [-0.15, -0.1) is 0 Å². The van der Waals surface area contributed by atoms with E-state index in [4.69, 9.17) is 9.47 Å². The fourth-order valence-corrected chi connectivity index (χ4v) is 4.74. The van der Waals surface area contributed by atoms with Gasteiger partial charge in [0, 0.05) is 30.5 Å². The maximum atomic E-state index is 14.9. The van der Waals surface area contributed by atoms with Crippen LogP contribution in [-0.2, 0) is 19.1 Å². The molecule has 5 atom stereocenters. The molecule has 0 fully saturated rings. The summed E-state index contributed by atoms with van der Waals surface area (Å²) in [5.41, 5.74) is -0.575. The minimum absolute atomic E-state index is 0.00465. The van der Waals surface area contributed by atoms with Gasteiger partial charge >= 0.3 is 5.97 Å². The van der Waals surface area contributed by atoms with Crippen LogP contribution in [0.25, 0.3) is 0 Å². The van der Waals surface area contributed by atoms with Crippen LogP contribution < -0.4 is 0 Å². The van der Waals surface area contributed by atoms with E-state index in [1.165, 1.54) is 20.2 Å². The Labute approximate surface area is 202 Å². The molecule has 190 valence electrons. The van der Waals surface area contributed by atoms with E-state index in [2.05, 4.69) is 9.98 Å². The van der Waals surface area contributed by atoms with Crippen molar-refractivity contribution in [3.8, 4) is 0 Å². The molecule has 0 aromatic heterocycles. The van der Waals surface area contributed by atoms with Gasteiger partial charge in [-0.25, -0.2) is 22.0 Å². The Bertz CT molecular complexity index is 1220. The molecule has 2 heterocycles. The second-order valence-electron chi connectivity index (χ2n) is 8.50. The molecule has 2 aromatic carbocycles. The van der Waals surface area contributed by atoms with Crippen molar-refractivity contribution in [2.45, 2.75) is 25.0 Å². The number of rotatable bonds is 6. The van der Waals surface area contributed by atoms with Gasteiger partial charge in [0.05, 0.1) is 18.5 Å². The summed E-state index contributed by atoms with van der Waals surface area (Å²) in [7, 11) is 1.39. The van der Waals surface area contributed by atoms with E-state index in [0.29, 0.717) is 5.56 Å². The number of Topliss-reactive ketones (excluding diaryl/α,β-unsaturated/α-hetero) is 1. The molecule has 4 unspecified atom stereocenters. The lowest BCUT2D eigenvalue weighted by molar-refractivity contribution is -0.151. The highest BCUT2D eigenvalue weighted by molar-refractivity contribution is 6.06. The van der Waals surface area contributed by atoms with Crippen molar-refractivity contribution in [2.75, 3.05) is 20.3 Å². The van der Waals surface area contributed by atoms with Crippen LogP contribution in [0.1, 0.15) is 30.1 Å². The van der Waals surface area contributed by atoms with E-state index in [1.807, 2.05) is 0 Å². The molecule has 0 radical (unpaired) electrons. The van der Waals surface area contributed by atoms with Crippen LogP contribution in [0.15, 0.2) is 40.3 Å². The van der Waals surface area contributed by atoms with Crippen molar-refractivity contribution in [3.05, 3.63) is 70.5 Å². The Balaban J connectivity index is 1.77. The number of esters is 1. The molecule has 0 amide bonds. The van der Waals surface area contributed by atoms with Crippen LogP contribution in [-0.4, -0.2) is 50.0 Å². The first-order valence-corrected chi connectivity index (χ1v) is 11.0. The molecule has 0 aliphatic carbocycles. The lowest BCUT2D eigenvalue weighted by Gasteiger charge is -2.39. The summed E-state index contributed by atoms with van der Waals surface area (Å²) >= 11 is 0. The van der Waals surface area contributed by atoms with Gasteiger partial charge in [-0.3, -0.25) is 19.6 Å². The summed E-state index contributed by atoms with van der Waals surface area (Å²) in [6.45, 7) is 0.665. The number of aliphatic imine (C=N–C) groups is 2. The van der Waals surface area contributed by atoms with E-state index in [1.54, 1.807) is 30.3 Å². The number of ether oxygens (including phenoxy) is 2. The van der Waals surface area contributed by atoms with E-state index < -0.39 is 76.3 Å². The third-order valence-electron chi connectivity index (χ3n) is 6.46. The molecule has 11 heteroatoms. The highest BCUT2D eigenvalue weighted by Crippen LogP contribution is 2.44. The van der Waals surface area contributed by atoms with Gasteiger partial charge in [0.25, 0.3) is 0 Å². The molecule has 2 aliphatic heterocycles. The van der Waals surface area contributed by atoms with Crippen LogP contribution in [0.3, 0.4) is 0 Å². The van der Waals surface area contributed by atoms with Crippen molar-refractivity contribution in [3.63, 3.8) is 0 Å². The highest BCUT2D eigenvalue weighted by atomic mass is 19.2. The topological polar surface area (TPSA) is 77.3 Å². The number of methoxy groups -OCH3 is 1. The first kappa shape index (κ1) is 25.6. The second-order valence-corrected chi connectivity index (χ2v) is 8.50. The average molecular weight is 508 g/mol. The molecule has 0 spiro atoms. The first-order valence-electron chi connectivity index (χ1n) is 11.0. The zero-order chi connectivity index (χ0) is 26.1. The standard InChI is InChI=1S/C25H21F5N2O4/c1-11-16(25(34)36-10-15(35-2)12-6-4-3-5-7-12)18(17-13(32-11)8-31-9-14(17)33)19-20(26)22(28)24(30)23(29)21(19)27/h3-8,13,15-18H,9-10H2,1-2H3/t13?,15-,16?,17?,18?/m0/s1. The number of fused-ring (bicyclic) bond motifs is 1. The Morgan fingerprint density at radius 1 is 1.00 bits per heavy atom. The average Bonchev–Trinajstić information content (AvgIpc) is 2.87. The monoisotopic (exact) mass is 508 g/mol. The van der Waals surface area contributed by atoms with Gasteiger partial charge in [-0.2, -0.15) is 0 Å². The SMILES string of the molecule is CO[C@@H](COC(=O)C1C(C)=NC2C=NCC(=O)C2C1c1c(F)c(F)c(F)c(F)c1F)c1ccccc1. The fraction of sp³-hybridized carbons (Fsp3) is 0.360. The Hall–Kier alpha value is -3.47. The minimum atomic E-state index is -2.34. The quantitative estimate of drug-likeness (QED) is 0.255. The molecule has 2 aromatic rings. The Morgan fingerprint density at radius 3 is 2.22 bits per heavy atom. The predicted octanol–water partition coefficient (Wildman–Crippen LogP) is 4.13. The van der Waals surface area contributed by atoms with E-state index in [9.17, 15) is 31.5 Å². The number of nitrogens with zero attached hydrogens (tertiary/aromatic N) is 2. The van der Waals surface area contributed by atoms with Gasteiger partial charge in [0.2, 0.25) is 5.82 Å². The van der Waals surface area contributed by atoms with Crippen LogP contribution in [0.4, 0.5) is 22.0 Å².